The summed E-state index contributed by atoms with van der Waals surface area (Å²) in [7, 11) is 0. The van der Waals surface area contributed by atoms with Gasteiger partial charge in [-0.05, 0) is 158 Å². The number of rotatable bonds is 9. The molecule has 0 aromatic heterocycles. The lowest BCUT2D eigenvalue weighted by atomic mass is 9.69. The minimum atomic E-state index is 0.598. The van der Waals surface area contributed by atoms with E-state index in [1.165, 1.54) is 225 Å². The van der Waals surface area contributed by atoms with Gasteiger partial charge in [0.15, 0.2) is 0 Å². The standard InChI is InChI=1S/C52H91N5/c1-6-16-39(17-7-1)52-53-36-40(37-54-52)38-26-28-45(29-27-38)57-50-32-30-46(55(41-18-8-2-9-19-41)42-20-10-3-11-21-42)34-48(50)49-35-47(31-33-51(49)57)56(43-22-12-4-13-23-43)44-24-14-5-15-25-44/h38-54H,1-37H2. The third-order valence-electron chi connectivity index (χ3n) is 20.0. The van der Waals surface area contributed by atoms with Gasteiger partial charge in [0.05, 0.1) is 6.17 Å². The SMILES string of the molecule is C1CCC(C2NCC(C3CCC(N4C5CCC(N(C6CCCCC6)C6CCCCC6)CC5C5CC(N(C6CCCCC6)C6CCCCC6)CCC54)CC3)CN2)CC1. The third kappa shape index (κ3) is 9.02. The van der Waals surface area contributed by atoms with Crippen molar-refractivity contribution in [3.05, 3.63) is 0 Å². The highest BCUT2D eigenvalue weighted by Gasteiger charge is 2.56. The van der Waals surface area contributed by atoms with Crippen LogP contribution in [0.2, 0.25) is 0 Å². The first-order valence-electron chi connectivity index (χ1n) is 27.1. The van der Waals surface area contributed by atoms with Crippen LogP contribution in [0.1, 0.15) is 225 Å². The van der Waals surface area contributed by atoms with E-state index in [9.17, 15) is 0 Å². The summed E-state index contributed by atoms with van der Waals surface area (Å²) >= 11 is 0. The average Bonchev–Trinajstić information content (AvgIpc) is 3.61. The van der Waals surface area contributed by atoms with Crippen LogP contribution in [0.4, 0.5) is 0 Å². The molecule has 10 rings (SSSR count). The molecule has 2 aliphatic heterocycles. The summed E-state index contributed by atoms with van der Waals surface area (Å²) in [5, 5.41) is 8.14. The van der Waals surface area contributed by atoms with E-state index in [2.05, 4.69) is 25.3 Å². The first-order valence-corrected chi connectivity index (χ1v) is 27.1. The summed E-state index contributed by atoms with van der Waals surface area (Å²) < 4.78 is 0. The molecule has 5 nitrogen and oxygen atoms in total. The van der Waals surface area contributed by atoms with E-state index in [0.717, 1.165) is 84.0 Å². The average molecular weight is 786 g/mol. The minimum Gasteiger partial charge on any atom is -0.301 e. The summed E-state index contributed by atoms with van der Waals surface area (Å²) in [6.07, 6.45) is 53.2. The van der Waals surface area contributed by atoms with Crippen molar-refractivity contribution >= 4 is 0 Å². The Labute approximate surface area is 352 Å². The fourth-order valence-corrected chi connectivity index (χ4v) is 17.3. The van der Waals surface area contributed by atoms with Crippen LogP contribution in [0.15, 0.2) is 0 Å². The molecule has 2 heterocycles. The minimum absolute atomic E-state index is 0.598. The molecule has 0 spiro atoms. The molecule has 5 heteroatoms. The highest BCUT2D eigenvalue weighted by molar-refractivity contribution is 5.10. The first-order chi connectivity index (χ1) is 28.3. The Hall–Kier alpha value is -0.200. The van der Waals surface area contributed by atoms with E-state index >= 15 is 0 Å². The van der Waals surface area contributed by atoms with Crippen molar-refractivity contribution in [1.82, 2.24) is 25.3 Å². The Morgan fingerprint density at radius 1 is 0.316 bits per heavy atom. The van der Waals surface area contributed by atoms with Crippen LogP contribution in [0, 0.1) is 29.6 Å². The number of hydrogen-bond acceptors (Lipinski definition) is 5. The van der Waals surface area contributed by atoms with Crippen LogP contribution in [0.5, 0.6) is 0 Å². The van der Waals surface area contributed by atoms with Gasteiger partial charge < -0.3 is 10.6 Å². The molecule has 324 valence electrons. The van der Waals surface area contributed by atoms with Gasteiger partial charge in [0.25, 0.3) is 0 Å². The van der Waals surface area contributed by atoms with Crippen molar-refractivity contribution in [3.63, 3.8) is 0 Å². The molecule has 6 atom stereocenters. The Bertz CT molecular complexity index is 1090. The fourth-order valence-electron chi connectivity index (χ4n) is 17.3. The highest BCUT2D eigenvalue weighted by atomic mass is 15.3. The first kappa shape index (κ1) is 40.8. The molecular weight excluding hydrogens is 695 g/mol. The van der Waals surface area contributed by atoms with Gasteiger partial charge in [-0.25, -0.2) is 0 Å². The van der Waals surface area contributed by atoms with Gasteiger partial charge in [-0.3, -0.25) is 14.7 Å². The maximum absolute atomic E-state index is 4.07. The van der Waals surface area contributed by atoms with E-state index in [0.29, 0.717) is 6.17 Å². The predicted octanol–water partition coefficient (Wildman–Crippen LogP) is 11.6. The van der Waals surface area contributed by atoms with Crippen molar-refractivity contribution in [3.8, 4) is 0 Å². The molecule has 6 unspecified atom stereocenters. The molecule has 57 heavy (non-hydrogen) atoms. The van der Waals surface area contributed by atoms with Crippen molar-refractivity contribution in [2.45, 2.75) is 285 Å². The lowest BCUT2D eigenvalue weighted by Crippen LogP contribution is -2.58. The Morgan fingerprint density at radius 2 is 0.702 bits per heavy atom. The molecule has 0 aromatic carbocycles. The molecule has 0 radical (unpaired) electrons. The Kier molecular flexibility index (Phi) is 13.9. The smallest absolute Gasteiger partial charge is 0.0600 e. The molecule has 2 N–H and O–H groups in total. The molecule has 10 aliphatic rings. The quantitative estimate of drug-likeness (QED) is 0.243. The van der Waals surface area contributed by atoms with Gasteiger partial charge >= 0.3 is 0 Å². The molecule has 0 bridgehead atoms. The molecular formula is C52H91N5. The number of fused-ring (bicyclic) bond motifs is 3. The number of hydrogen-bond donors (Lipinski definition) is 2. The molecule has 2 saturated heterocycles. The van der Waals surface area contributed by atoms with Gasteiger partial charge in [0.2, 0.25) is 0 Å². The number of likely N-dealkylation sites (tertiary alicyclic amines) is 1. The monoisotopic (exact) mass is 786 g/mol. The van der Waals surface area contributed by atoms with Crippen LogP contribution in [-0.4, -0.2) is 88.3 Å². The lowest BCUT2D eigenvalue weighted by molar-refractivity contribution is -0.00956. The summed E-state index contributed by atoms with van der Waals surface area (Å²) in [6.45, 7) is 2.56. The maximum atomic E-state index is 4.07. The summed E-state index contributed by atoms with van der Waals surface area (Å²) in [5.74, 6) is 4.60. The molecule has 8 saturated carbocycles. The summed E-state index contributed by atoms with van der Waals surface area (Å²) in [4.78, 5) is 10.0. The van der Waals surface area contributed by atoms with E-state index < -0.39 is 0 Å². The van der Waals surface area contributed by atoms with Crippen molar-refractivity contribution in [2.75, 3.05) is 13.1 Å². The third-order valence-corrected chi connectivity index (χ3v) is 20.0. The zero-order valence-electron chi connectivity index (χ0n) is 37.2. The van der Waals surface area contributed by atoms with Crippen molar-refractivity contribution in [2.24, 2.45) is 29.6 Å². The fraction of sp³-hybridized carbons (Fsp3) is 1.00. The molecule has 0 amide bonds. The Balaban J connectivity index is 0.862. The van der Waals surface area contributed by atoms with Gasteiger partial charge in [-0.15, -0.1) is 0 Å². The van der Waals surface area contributed by atoms with E-state index in [1.807, 2.05) is 0 Å². The summed E-state index contributed by atoms with van der Waals surface area (Å²) in [5.41, 5.74) is 0. The van der Waals surface area contributed by atoms with E-state index in [1.54, 1.807) is 12.8 Å². The Morgan fingerprint density at radius 3 is 1.11 bits per heavy atom. The maximum Gasteiger partial charge on any atom is 0.0600 e. The predicted molar refractivity (Wildman–Crippen MR) is 238 cm³/mol. The second kappa shape index (κ2) is 19.5. The van der Waals surface area contributed by atoms with E-state index in [4.69, 9.17) is 0 Å². The second-order valence-electron chi connectivity index (χ2n) is 22.9. The van der Waals surface area contributed by atoms with Crippen LogP contribution >= 0.6 is 0 Å². The van der Waals surface area contributed by atoms with Gasteiger partial charge in [0.1, 0.15) is 0 Å². The second-order valence-corrected chi connectivity index (χ2v) is 22.9. The number of nitrogens with one attached hydrogen (secondary N) is 2. The van der Waals surface area contributed by atoms with Crippen LogP contribution in [0.3, 0.4) is 0 Å². The van der Waals surface area contributed by atoms with Gasteiger partial charge in [-0.1, -0.05) is 96.3 Å². The lowest BCUT2D eigenvalue weighted by Gasteiger charge is -2.51. The van der Waals surface area contributed by atoms with E-state index in [-0.39, 0.29) is 0 Å². The van der Waals surface area contributed by atoms with Crippen molar-refractivity contribution < 1.29 is 0 Å². The number of nitrogens with zero attached hydrogens (tertiary/aromatic N) is 3. The molecule has 10 fully saturated rings. The van der Waals surface area contributed by atoms with Gasteiger partial charge in [-0.2, -0.15) is 0 Å². The normalized spacial score (nSPS) is 42.0. The summed E-state index contributed by atoms with van der Waals surface area (Å²) in [6, 6.07) is 8.03. The van der Waals surface area contributed by atoms with Crippen LogP contribution < -0.4 is 10.6 Å². The highest BCUT2D eigenvalue weighted by Crippen LogP contribution is 2.54. The van der Waals surface area contributed by atoms with Gasteiger partial charge in [0, 0.05) is 67.5 Å². The zero-order chi connectivity index (χ0) is 38.0. The molecule has 8 aliphatic carbocycles. The van der Waals surface area contributed by atoms with Crippen LogP contribution in [0.25, 0.3) is 0 Å². The topological polar surface area (TPSA) is 33.8 Å². The molecule has 0 aromatic rings. The largest absolute Gasteiger partial charge is 0.301 e. The zero-order valence-corrected chi connectivity index (χ0v) is 37.2. The van der Waals surface area contributed by atoms with Crippen molar-refractivity contribution in [1.29, 1.82) is 0 Å². The van der Waals surface area contributed by atoms with Crippen LogP contribution in [-0.2, 0) is 0 Å².